The highest BCUT2D eigenvalue weighted by Crippen LogP contribution is 2.35. The van der Waals surface area contributed by atoms with E-state index in [0.29, 0.717) is 24.7 Å². The van der Waals surface area contributed by atoms with Gasteiger partial charge in [0.1, 0.15) is 19.8 Å². The minimum atomic E-state index is -4.49. The Hall–Kier alpha value is -2.95. The van der Waals surface area contributed by atoms with Gasteiger partial charge in [0.05, 0.1) is 17.0 Å². The van der Waals surface area contributed by atoms with E-state index in [0.717, 1.165) is 28.6 Å². The summed E-state index contributed by atoms with van der Waals surface area (Å²) >= 11 is 0. The molecule has 0 aromatic heterocycles. The smallest absolute Gasteiger partial charge is 0.416 e. The molecule has 7 nitrogen and oxygen atoms in total. The molecule has 2 aromatic rings. The summed E-state index contributed by atoms with van der Waals surface area (Å²) in [6.07, 6.45) is -4.49. The van der Waals surface area contributed by atoms with Crippen LogP contribution >= 0.6 is 0 Å². The summed E-state index contributed by atoms with van der Waals surface area (Å²) in [7, 11) is -3.83. The van der Waals surface area contributed by atoms with Gasteiger partial charge in [-0.15, -0.1) is 0 Å². The van der Waals surface area contributed by atoms with Crippen LogP contribution < -0.4 is 19.1 Å². The molecule has 1 heterocycles. The number of halogens is 3. The highest BCUT2D eigenvalue weighted by atomic mass is 32.2. The van der Waals surface area contributed by atoms with Crippen LogP contribution in [0.1, 0.15) is 12.5 Å². The molecule has 1 amide bonds. The standard InChI is InChI=1S/C19H19F3N2O5S/c1-2-30(26,27)24(15-7-8-16-17(11-15)29-10-9-28-16)12-18(25)23-14-5-3-13(4-6-14)19(20,21)22/h3-8,11H,2,9-10,12H2,1H3,(H,23,25). The second kappa shape index (κ2) is 8.42. The van der Waals surface area contributed by atoms with E-state index in [9.17, 15) is 26.4 Å². The van der Waals surface area contributed by atoms with Gasteiger partial charge in [-0.2, -0.15) is 13.2 Å². The van der Waals surface area contributed by atoms with Gasteiger partial charge in [0.2, 0.25) is 15.9 Å². The average molecular weight is 444 g/mol. The van der Waals surface area contributed by atoms with E-state index in [4.69, 9.17) is 9.47 Å². The Morgan fingerprint density at radius 3 is 2.30 bits per heavy atom. The van der Waals surface area contributed by atoms with Crippen molar-refractivity contribution in [3.05, 3.63) is 48.0 Å². The monoisotopic (exact) mass is 444 g/mol. The van der Waals surface area contributed by atoms with E-state index >= 15 is 0 Å². The van der Waals surface area contributed by atoms with Gasteiger partial charge in [-0.3, -0.25) is 9.10 Å². The number of nitrogens with one attached hydrogen (secondary N) is 1. The number of hydrogen-bond donors (Lipinski definition) is 1. The molecule has 0 fully saturated rings. The minimum absolute atomic E-state index is 0.115. The number of hydrogen-bond acceptors (Lipinski definition) is 5. The first-order valence-corrected chi connectivity index (χ1v) is 10.6. The van der Waals surface area contributed by atoms with Crippen molar-refractivity contribution < 1.29 is 35.9 Å². The lowest BCUT2D eigenvalue weighted by Crippen LogP contribution is -2.39. The van der Waals surface area contributed by atoms with Crippen molar-refractivity contribution in [2.24, 2.45) is 0 Å². The van der Waals surface area contributed by atoms with Gasteiger partial charge >= 0.3 is 6.18 Å². The maximum atomic E-state index is 12.7. The first kappa shape index (κ1) is 21.8. The van der Waals surface area contributed by atoms with Gasteiger partial charge in [0.15, 0.2) is 11.5 Å². The maximum absolute atomic E-state index is 12.7. The lowest BCUT2D eigenvalue weighted by Gasteiger charge is -2.25. The Morgan fingerprint density at radius 2 is 1.70 bits per heavy atom. The number of alkyl halides is 3. The Kier molecular flexibility index (Phi) is 6.11. The fourth-order valence-electron chi connectivity index (χ4n) is 2.77. The second-order valence-corrected chi connectivity index (χ2v) is 8.54. The van der Waals surface area contributed by atoms with E-state index in [1.165, 1.54) is 19.1 Å². The zero-order valence-corrected chi connectivity index (χ0v) is 16.7. The van der Waals surface area contributed by atoms with E-state index in [2.05, 4.69) is 5.32 Å². The molecule has 1 aliphatic rings. The first-order valence-electron chi connectivity index (χ1n) is 8.97. The number of rotatable bonds is 6. The van der Waals surface area contributed by atoms with Gasteiger partial charge in [0, 0.05) is 11.8 Å². The molecule has 0 saturated carbocycles. The summed E-state index contributed by atoms with van der Waals surface area (Å²) in [5.74, 6) is -0.137. The summed E-state index contributed by atoms with van der Waals surface area (Å²) in [5.41, 5.74) is -0.528. The van der Waals surface area contributed by atoms with Crippen molar-refractivity contribution in [2.75, 3.05) is 35.1 Å². The third-order valence-corrected chi connectivity index (χ3v) is 6.04. The molecular weight excluding hydrogens is 425 g/mol. The van der Waals surface area contributed by atoms with Crippen LogP contribution in [-0.2, 0) is 21.0 Å². The van der Waals surface area contributed by atoms with Gasteiger partial charge in [0.25, 0.3) is 0 Å². The van der Waals surface area contributed by atoms with Crippen LogP contribution in [0.25, 0.3) is 0 Å². The van der Waals surface area contributed by atoms with Crippen LogP contribution in [0.4, 0.5) is 24.5 Å². The third kappa shape index (κ3) is 4.96. The molecular formula is C19H19F3N2O5S. The minimum Gasteiger partial charge on any atom is -0.486 e. The molecule has 30 heavy (non-hydrogen) atoms. The number of fused-ring (bicyclic) bond motifs is 1. The number of amides is 1. The summed E-state index contributed by atoms with van der Waals surface area (Å²) in [6.45, 7) is 1.56. The predicted molar refractivity (Wildman–Crippen MR) is 104 cm³/mol. The summed E-state index contributed by atoms with van der Waals surface area (Å²) in [4.78, 5) is 12.4. The van der Waals surface area contributed by atoms with Crippen LogP contribution in [0.5, 0.6) is 11.5 Å². The topological polar surface area (TPSA) is 84.9 Å². The zero-order chi connectivity index (χ0) is 21.9. The lowest BCUT2D eigenvalue weighted by molar-refractivity contribution is -0.137. The fraction of sp³-hybridized carbons (Fsp3) is 0.316. The number of carbonyl (C=O) groups excluding carboxylic acids is 1. The third-order valence-electron chi connectivity index (χ3n) is 4.30. The molecule has 1 N–H and O–H groups in total. The summed E-state index contributed by atoms with van der Waals surface area (Å²) in [6, 6.07) is 8.37. The number of sulfonamides is 1. The van der Waals surface area contributed by atoms with Gasteiger partial charge < -0.3 is 14.8 Å². The van der Waals surface area contributed by atoms with Gasteiger partial charge in [-0.05, 0) is 43.3 Å². The number of ether oxygens (including phenoxy) is 2. The van der Waals surface area contributed by atoms with E-state index in [1.807, 2.05) is 0 Å². The van der Waals surface area contributed by atoms with Crippen molar-refractivity contribution in [1.82, 2.24) is 0 Å². The number of benzene rings is 2. The first-order chi connectivity index (χ1) is 14.1. The van der Waals surface area contributed by atoms with Crippen molar-refractivity contribution in [2.45, 2.75) is 13.1 Å². The average Bonchev–Trinajstić information content (AvgIpc) is 2.71. The highest BCUT2D eigenvalue weighted by Gasteiger charge is 2.30. The molecule has 162 valence electrons. The van der Waals surface area contributed by atoms with Gasteiger partial charge in [-0.25, -0.2) is 8.42 Å². The van der Waals surface area contributed by atoms with E-state index in [1.54, 1.807) is 6.07 Å². The summed E-state index contributed by atoms with van der Waals surface area (Å²) in [5, 5.41) is 2.41. The second-order valence-electron chi connectivity index (χ2n) is 6.36. The predicted octanol–water partition coefficient (Wildman–Crippen LogP) is 3.27. The van der Waals surface area contributed by atoms with Crippen LogP contribution in [0, 0.1) is 0 Å². The zero-order valence-electron chi connectivity index (χ0n) is 15.9. The van der Waals surface area contributed by atoms with Crippen molar-refractivity contribution in [1.29, 1.82) is 0 Å². The molecule has 0 atom stereocenters. The molecule has 0 saturated heterocycles. The molecule has 0 aliphatic carbocycles. The van der Waals surface area contributed by atoms with Crippen LogP contribution in [0.15, 0.2) is 42.5 Å². The van der Waals surface area contributed by atoms with Gasteiger partial charge in [-0.1, -0.05) is 0 Å². The van der Waals surface area contributed by atoms with E-state index in [-0.39, 0.29) is 17.1 Å². The number of anilines is 2. The Morgan fingerprint density at radius 1 is 1.07 bits per heavy atom. The summed E-state index contributed by atoms with van der Waals surface area (Å²) < 4.78 is 74.9. The molecule has 0 spiro atoms. The molecule has 1 aliphatic heterocycles. The highest BCUT2D eigenvalue weighted by molar-refractivity contribution is 7.92. The Labute approximate surface area is 171 Å². The molecule has 2 aromatic carbocycles. The number of nitrogens with zero attached hydrogens (tertiary/aromatic N) is 1. The molecule has 0 unspecified atom stereocenters. The Bertz CT molecular complexity index is 1020. The normalized spacial score (nSPS) is 13.6. The molecule has 11 heteroatoms. The molecule has 0 bridgehead atoms. The fourth-order valence-corrected chi connectivity index (χ4v) is 3.83. The van der Waals surface area contributed by atoms with Crippen LogP contribution in [-0.4, -0.2) is 39.8 Å². The lowest BCUT2D eigenvalue weighted by atomic mass is 10.2. The Balaban J connectivity index is 1.79. The largest absolute Gasteiger partial charge is 0.486 e. The quantitative estimate of drug-likeness (QED) is 0.739. The van der Waals surface area contributed by atoms with Crippen molar-refractivity contribution >= 4 is 27.3 Å². The van der Waals surface area contributed by atoms with E-state index < -0.39 is 34.2 Å². The molecule has 3 rings (SSSR count). The maximum Gasteiger partial charge on any atom is 0.416 e. The number of carbonyl (C=O) groups is 1. The van der Waals surface area contributed by atoms with Crippen molar-refractivity contribution in [3.63, 3.8) is 0 Å². The van der Waals surface area contributed by atoms with Crippen LogP contribution in [0.3, 0.4) is 0 Å². The van der Waals surface area contributed by atoms with Crippen LogP contribution in [0.2, 0.25) is 0 Å². The van der Waals surface area contributed by atoms with Crippen molar-refractivity contribution in [3.8, 4) is 11.5 Å². The molecule has 0 radical (unpaired) electrons. The SMILES string of the molecule is CCS(=O)(=O)N(CC(=O)Nc1ccc(C(F)(F)F)cc1)c1ccc2c(c1)OCCO2.